The number of likely N-dealkylation sites (tertiary alicyclic amines) is 1. The van der Waals surface area contributed by atoms with Crippen LogP contribution in [0, 0.1) is 5.92 Å². The molecule has 0 radical (unpaired) electrons. The van der Waals surface area contributed by atoms with Gasteiger partial charge in [0, 0.05) is 36.0 Å². The second-order valence-electron chi connectivity index (χ2n) is 5.11. The number of pyridine rings is 1. The summed E-state index contributed by atoms with van der Waals surface area (Å²) in [6, 6.07) is 2.92. The number of hydrogen-bond acceptors (Lipinski definition) is 3. The number of rotatable bonds is 2. The molecule has 17 heavy (non-hydrogen) atoms. The summed E-state index contributed by atoms with van der Waals surface area (Å²) in [5, 5.41) is 3.52. The lowest BCUT2D eigenvalue weighted by molar-refractivity contribution is 0.117. The van der Waals surface area contributed by atoms with Gasteiger partial charge < -0.3 is 5.32 Å². The molecule has 2 aliphatic heterocycles. The Kier molecular flexibility index (Phi) is 3.45. The summed E-state index contributed by atoms with van der Waals surface area (Å²) in [5.74, 6) is 0.865. The van der Waals surface area contributed by atoms with Gasteiger partial charge in [-0.25, -0.2) is 0 Å². The SMILES string of the molecule is Brc1cncc(CN2CCCC3CNCC32)c1. The zero-order chi connectivity index (χ0) is 11.7. The second kappa shape index (κ2) is 5.04. The van der Waals surface area contributed by atoms with E-state index in [9.17, 15) is 0 Å². The van der Waals surface area contributed by atoms with Crippen LogP contribution in [0.25, 0.3) is 0 Å². The maximum Gasteiger partial charge on any atom is 0.0410 e. The van der Waals surface area contributed by atoms with Crippen molar-refractivity contribution in [2.45, 2.75) is 25.4 Å². The van der Waals surface area contributed by atoms with Gasteiger partial charge in [0.2, 0.25) is 0 Å². The summed E-state index contributed by atoms with van der Waals surface area (Å²) in [5.41, 5.74) is 1.31. The van der Waals surface area contributed by atoms with Crippen molar-refractivity contribution in [2.75, 3.05) is 19.6 Å². The highest BCUT2D eigenvalue weighted by Crippen LogP contribution is 2.27. The minimum absolute atomic E-state index is 0.739. The molecule has 2 unspecified atom stereocenters. The molecule has 0 aliphatic carbocycles. The Bertz CT molecular complexity index is 396. The number of hydrogen-bond donors (Lipinski definition) is 1. The van der Waals surface area contributed by atoms with E-state index in [1.165, 1.54) is 31.5 Å². The van der Waals surface area contributed by atoms with Crippen LogP contribution in [0.1, 0.15) is 18.4 Å². The Morgan fingerprint density at radius 1 is 1.41 bits per heavy atom. The first-order valence-electron chi connectivity index (χ1n) is 6.37. The smallest absolute Gasteiger partial charge is 0.0410 e. The summed E-state index contributed by atoms with van der Waals surface area (Å²) in [4.78, 5) is 6.87. The molecule has 2 fully saturated rings. The standard InChI is InChI=1S/C13H18BrN3/c14-12-4-10(5-15-7-12)9-17-3-1-2-11-6-16-8-13(11)17/h4-5,7,11,13,16H,1-3,6,8-9H2. The Hall–Kier alpha value is -0.450. The van der Waals surface area contributed by atoms with Crippen molar-refractivity contribution < 1.29 is 0 Å². The van der Waals surface area contributed by atoms with E-state index < -0.39 is 0 Å². The van der Waals surface area contributed by atoms with E-state index in [0.717, 1.165) is 29.5 Å². The third kappa shape index (κ3) is 2.54. The molecule has 3 nitrogen and oxygen atoms in total. The fourth-order valence-electron chi connectivity index (χ4n) is 3.14. The fourth-order valence-corrected chi connectivity index (χ4v) is 3.55. The Balaban J connectivity index is 1.71. The lowest BCUT2D eigenvalue weighted by Gasteiger charge is -2.37. The monoisotopic (exact) mass is 295 g/mol. The first-order chi connectivity index (χ1) is 8.33. The van der Waals surface area contributed by atoms with Crippen molar-refractivity contribution in [3.8, 4) is 0 Å². The van der Waals surface area contributed by atoms with Crippen LogP contribution in [-0.2, 0) is 6.54 Å². The van der Waals surface area contributed by atoms with Crippen LogP contribution in [0.2, 0.25) is 0 Å². The average molecular weight is 296 g/mol. The normalized spacial score (nSPS) is 29.2. The molecule has 4 heteroatoms. The molecule has 1 N–H and O–H groups in total. The van der Waals surface area contributed by atoms with E-state index in [1.807, 2.05) is 12.4 Å². The highest BCUT2D eigenvalue weighted by molar-refractivity contribution is 9.10. The average Bonchev–Trinajstić information content (AvgIpc) is 2.78. The molecular weight excluding hydrogens is 278 g/mol. The Morgan fingerprint density at radius 2 is 2.35 bits per heavy atom. The zero-order valence-electron chi connectivity index (χ0n) is 9.90. The van der Waals surface area contributed by atoms with Crippen LogP contribution in [-0.4, -0.2) is 35.6 Å². The molecule has 3 rings (SSSR count). The van der Waals surface area contributed by atoms with Crippen molar-refractivity contribution in [3.63, 3.8) is 0 Å². The molecular formula is C13H18BrN3. The van der Waals surface area contributed by atoms with Gasteiger partial charge in [-0.3, -0.25) is 9.88 Å². The summed E-state index contributed by atoms with van der Waals surface area (Å²) < 4.78 is 1.08. The van der Waals surface area contributed by atoms with Crippen LogP contribution in [0.4, 0.5) is 0 Å². The van der Waals surface area contributed by atoms with Crippen molar-refractivity contribution in [2.24, 2.45) is 5.92 Å². The number of aromatic nitrogens is 1. The first-order valence-corrected chi connectivity index (χ1v) is 7.16. The maximum absolute atomic E-state index is 4.25. The van der Waals surface area contributed by atoms with Crippen molar-refractivity contribution in [3.05, 3.63) is 28.5 Å². The summed E-state index contributed by atoms with van der Waals surface area (Å²) in [6.45, 7) is 4.63. The molecule has 0 spiro atoms. The van der Waals surface area contributed by atoms with Crippen molar-refractivity contribution >= 4 is 15.9 Å². The molecule has 1 aromatic rings. The topological polar surface area (TPSA) is 28.2 Å². The van der Waals surface area contributed by atoms with Crippen molar-refractivity contribution in [1.82, 2.24) is 15.2 Å². The number of piperidine rings is 1. The molecule has 0 amide bonds. The molecule has 1 aromatic heterocycles. The summed E-state index contributed by atoms with van der Waals surface area (Å²) in [7, 11) is 0. The van der Waals surface area contributed by atoms with Gasteiger partial charge >= 0.3 is 0 Å². The van der Waals surface area contributed by atoms with Gasteiger partial charge in [0.1, 0.15) is 0 Å². The molecule has 2 atom stereocenters. The third-order valence-electron chi connectivity index (χ3n) is 3.94. The van der Waals surface area contributed by atoms with Gasteiger partial charge in [-0.05, 0) is 59.4 Å². The molecule has 92 valence electrons. The molecule has 3 heterocycles. The van der Waals surface area contributed by atoms with E-state index in [4.69, 9.17) is 0 Å². The first kappa shape index (κ1) is 11.6. The van der Waals surface area contributed by atoms with Gasteiger partial charge in [-0.2, -0.15) is 0 Å². The van der Waals surface area contributed by atoms with E-state index in [2.05, 4.69) is 37.2 Å². The molecule has 2 saturated heterocycles. The largest absolute Gasteiger partial charge is 0.315 e. The number of nitrogens with one attached hydrogen (secondary N) is 1. The predicted molar refractivity (Wildman–Crippen MR) is 71.7 cm³/mol. The van der Waals surface area contributed by atoms with E-state index in [1.54, 1.807) is 0 Å². The maximum atomic E-state index is 4.25. The van der Waals surface area contributed by atoms with Gasteiger partial charge in [-0.1, -0.05) is 0 Å². The quantitative estimate of drug-likeness (QED) is 0.905. The lowest BCUT2D eigenvalue weighted by Crippen LogP contribution is -2.44. The number of nitrogens with zero attached hydrogens (tertiary/aromatic N) is 2. The van der Waals surface area contributed by atoms with Gasteiger partial charge in [-0.15, -0.1) is 0 Å². The molecule has 0 saturated carbocycles. The van der Waals surface area contributed by atoms with Crippen LogP contribution >= 0.6 is 15.9 Å². The van der Waals surface area contributed by atoms with E-state index in [-0.39, 0.29) is 0 Å². The highest BCUT2D eigenvalue weighted by atomic mass is 79.9. The van der Waals surface area contributed by atoms with Crippen LogP contribution in [0.3, 0.4) is 0 Å². The molecule has 0 bridgehead atoms. The third-order valence-corrected chi connectivity index (χ3v) is 4.37. The molecule has 0 aromatic carbocycles. The Labute approximate surface area is 111 Å². The predicted octanol–water partition coefficient (Wildman–Crippen LogP) is 2.03. The number of fused-ring (bicyclic) bond motifs is 1. The van der Waals surface area contributed by atoms with Crippen LogP contribution in [0.15, 0.2) is 22.9 Å². The van der Waals surface area contributed by atoms with Gasteiger partial charge in [0.25, 0.3) is 0 Å². The zero-order valence-corrected chi connectivity index (χ0v) is 11.5. The van der Waals surface area contributed by atoms with E-state index >= 15 is 0 Å². The second-order valence-corrected chi connectivity index (χ2v) is 6.03. The summed E-state index contributed by atoms with van der Waals surface area (Å²) in [6.07, 6.45) is 6.56. The fraction of sp³-hybridized carbons (Fsp3) is 0.615. The lowest BCUT2D eigenvalue weighted by atomic mass is 9.92. The minimum atomic E-state index is 0.739. The molecule has 2 aliphatic rings. The highest BCUT2D eigenvalue weighted by Gasteiger charge is 2.34. The van der Waals surface area contributed by atoms with Crippen LogP contribution in [0.5, 0.6) is 0 Å². The Morgan fingerprint density at radius 3 is 3.24 bits per heavy atom. The number of halogens is 1. The van der Waals surface area contributed by atoms with Crippen LogP contribution < -0.4 is 5.32 Å². The minimum Gasteiger partial charge on any atom is -0.315 e. The summed E-state index contributed by atoms with van der Waals surface area (Å²) >= 11 is 3.49. The van der Waals surface area contributed by atoms with Crippen molar-refractivity contribution in [1.29, 1.82) is 0 Å². The van der Waals surface area contributed by atoms with E-state index in [0.29, 0.717) is 0 Å². The van der Waals surface area contributed by atoms with Gasteiger partial charge in [0.15, 0.2) is 0 Å². The van der Waals surface area contributed by atoms with Gasteiger partial charge in [0.05, 0.1) is 0 Å².